The molecule has 1 N–H and O–H groups in total. The van der Waals surface area contributed by atoms with Crippen LogP contribution in [0.15, 0.2) is 18.3 Å². The molecule has 0 bridgehead atoms. The molecular weight excluding hydrogens is 240 g/mol. The number of hydrogen-bond donors (Lipinski definition) is 1. The summed E-state index contributed by atoms with van der Waals surface area (Å²) in [6.07, 6.45) is 2.94. The van der Waals surface area contributed by atoms with Gasteiger partial charge in [0.05, 0.1) is 19.0 Å². The number of pyridine rings is 1. The van der Waals surface area contributed by atoms with Crippen LogP contribution in [-0.4, -0.2) is 45.2 Å². The number of aromatic nitrogens is 1. The average molecular weight is 258 g/mol. The Morgan fingerprint density at radius 3 is 2.82 bits per heavy atom. The molecule has 5 nitrogen and oxygen atoms in total. The van der Waals surface area contributed by atoms with E-state index in [9.17, 15) is 8.42 Å². The van der Waals surface area contributed by atoms with Gasteiger partial charge in [-0.05, 0) is 19.1 Å². The fourth-order valence-corrected chi connectivity index (χ4v) is 1.66. The van der Waals surface area contributed by atoms with E-state index in [-0.39, 0.29) is 12.4 Å². The van der Waals surface area contributed by atoms with Crippen LogP contribution >= 0.6 is 0 Å². The largest absolute Gasteiger partial charge is 0.383 e. The lowest BCUT2D eigenvalue weighted by molar-refractivity contribution is 0.159. The molecule has 1 heterocycles. The lowest BCUT2D eigenvalue weighted by Crippen LogP contribution is -2.15. The van der Waals surface area contributed by atoms with Gasteiger partial charge in [0.1, 0.15) is 9.84 Å². The minimum absolute atomic E-state index is 0.0708. The lowest BCUT2D eigenvalue weighted by atomic mass is 10.3. The summed E-state index contributed by atoms with van der Waals surface area (Å²) < 4.78 is 26.8. The van der Waals surface area contributed by atoms with E-state index in [1.807, 2.05) is 19.1 Å². The third kappa shape index (κ3) is 6.91. The van der Waals surface area contributed by atoms with E-state index in [1.54, 1.807) is 6.20 Å². The molecule has 0 atom stereocenters. The molecule has 1 rings (SSSR count). The van der Waals surface area contributed by atoms with Crippen LogP contribution in [0.1, 0.15) is 5.69 Å². The molecule has 0 radical (unpaired) electrons. The van der Waals surface area contributed by atoms with Crippen LogP contribution in [0.25, 0.3) is 0 Å². The van der Waals surface area contributed by atoms with Gasteiger partial charge in [0.15, 0.2) is 0 Å². The van der Waals surface area contributed by atoms with Crippen molar-refractivity contribution in [2.75, 3.05) is 37.1 Å². The molecule has 96 valence electrons. The Kier molecular flexibility index (Phi) is 5.37. The van der Waals surface area contributed by atoms with Crippen LogP contribution in [0.4, 0.5) is 5.69 Å². The highest BCUT2D eigenvalue weighted by Gasteiger charge is 2.00. The van der Waals surface area contributed by atoms with Crippen molar-refractivity contribution in [3.63, 3.8) is 0 Å². The normalized spacial score (nSPS) is 11.4. The number of anilines is 1. The van der Waals surface area contributed by atoms with E-state index in [4.69, 9.17) is 4.74 Å². The van der Waals surface area contributed by atoms with Crippen LogP contribution < -0.4 is 5.32 Å². The van der Waals surface area contributed by atoms with Gasteiger partial charge in [0.2, 0.25) is 0 Å². The van der Waals surface area contributed by atoms with Crippen molar-refractivity contribution < 1.29 is 13.2 Å². The van der Waals surface area contributed by atoms with E-state index in [1.165, 1.54) is 6.26 Å². The summed E-state index contributed by atoms with van der Waals surface area (Å²) in [5, 5.41) is 3.17. The SMILES string of the molecule is Cc1cc(NCCOCCS(C)(=O)=O)ccn1. The first-order chi connectivity index (χ1) is 7.97. The Morgan fingerprint density at radius 2 is 2.18 bits per heavy atom. The van der Waals surface area contributed by atoms with Crippen molar-refractivity contribution in [2.45, 2.75) is 6.92 Å². The highest BCUT2D eigenvalue weighted by Crippen LogP contribution is 2.05. The number of hydrogen-bond acceptors (Lipinski definition) is 5. The van der Waals surface area contributed by atoms with Gasteiger partial charge in [-0.1, -0.05) is 0 Å². The van der Waals surface area contributed by atoms with Crippen molar-refractivity contribution in [1.82, 2.24) is 4.98 Å². The minimum Gasteiger partial charge on any atom is -0.383 e. The molecule has 0 aromatic carbocycles. The van der Waals surface area contributed by atoms with Crippen LogP contribution in [-0.2, 0) is 14.6 Å². The Labute approximate surface area is 102 Å². The summed E-state index contributed by atoms with van der Waals surface area (Å²) in [5.74, 6) is 0.0708. The molecule has 6 heteroatoms. The van der Waals surface area contributed by atoms with Gasteiger partial charge >= 0.3 is 0 Å². The van der Waals surface area contributed by atoms with Gasteiger partial charge in [-0.15, -0.1) is 0 Å². The van der Waals surface area contributed by atoms with Crippen molar-refractivity contribution in [3.8, 4) is 0 Å². The second kappa shape index (κ2) is 6.56. The molecule has 0 fully saturated rings. The molecule has 0 aliphatic rings. The van der Waals surface area contributed by atoms with Crippen LogP contribution in [0, 0.1) is 6.92 Å². The van der Waals surface area contributed by atoms with Crippen LogP contribution in [0.3, 0.4) is 0 Å². The Bertz CT molecular complexity index is 446. The van der Waals surface area contributed by atoms with Gasteiger partial charge in [0, 0.05) is 30.4 Å². The molecule has 0 spiro atoms. The fraction of sp³-hybridized carbons (Fsp3) is 0.545. The monoisotopic (exact) mass is 258 g/mol. The number of nitrogens with one attached hydrogen (secondary N) is 1. The Hall–Kier alpha value is -1.14. The van der Waals surface area contributed by atoms with Crippen molar-refractivity contribution in [1.29, 1.82) is 0 Å². The molecule has 0 saturated carbocycles. The predicted molar refractivity (Wildman–Crippen MR) is 68.0 cm³/mol. The summed E-state index contributed by atoms with van der Waals surface area (Å²) in [6, 6.07) is 3.82. The van der Waals surface area contributed by atoms with E-state index >= 15 is 0 Å². The summed E-state index contributed by atoms with van der Waals surface area (Å²) >= 11 is 0. The second-order valence-electron chi connectivity index (χ2n) is 3.85. The molecule has 1 aromatic heterocycles. The van der Waals surface area contributed by atoms with Gasteiger partial charge < -0.3 is 10.1 Å². The maximum atomic E-state index is 10.8. The number of aryl methyl sites for hydroxylation is 1. The third-order valence-corrected chi connectivity index (χ3v) is 2.98. The first-order valence-electron chi connectivity index (χ1n) is 5.39. The standard InChI is InChI=1S/C11H18N2O3S/c1-10-9-11(3-4-12-10)13-5-6-16-7-8-17(2,14)15/h3-4,9H,5-8H2,1-2H3,(H,12,13). The Balaban J connectivity index is 2.13. The van der Waals surface area contributed by atoms with E-state index in [0.29, 0.717) is 13.2 Å². The summed E-state index contributed by atoms with van der Waals surface area (Å²) in [7, 11) is -2.92. The molecule has 17 heavy (non-hydrogen) atoms. The lowest BCUT2D eigenvalue weighted by Gasteiger charge is -2.07. The zero-order chi connectivity index (χ0) is 12.7. The predicted octanol–water partition coefficient (Wildman–Crippen LogP) is 0.863. The molecule has 0 aliphatic carbocycles. The first-order valence-corrected chi connectivity index (χ1v) is 7.45. The molecule has 0 amide bonds. The van der Waals surface area contributed by atoms with Crippen molar-refractivity contribution >= 4 is 15.5 Å². The van der Waals surface area contributed by atoms with Gasteiger partial charge in [-0.2, -0.15) is 0 Å². The number of sulfone groups is 1. The maximum absolute atomic E-state index is 10.8. The van der Waals surface area contributed by atoms with Gasteiger partial charge in [-0.25, -0.2) is 8.42 Å². The van der Waals surface area contributed by atoms with Crippen LogP contribution in [0.5, 0.6) is 0 Å². The van der Waals surface area contributed by atoms with Crippen molar-refractivity contribution in [3.05, 3.63) is 24.0 Å². The average Bonchev–Trinajstić information content (AvgIpc) is 2.22. The van der Waals surface area contributed by atoms with Crippen LogP contribution in [0.2, 0.25) is 0 Å². The quantitative estimate of drug-likeness (QED) is 0.735. The molecule has 0 saturated heterocycles. The van der Waals surface area contributed by atoms with Gasteiger partial charge in [-0.3, -0.25) is 4.98 Å². The van der Waals surface area contributed by atoms with Crippen molar-refractivity contribution in [2.24, 2.45) is 0 Å². The van der Waals surface area contributed by atoms with E-state index < -0.39 is 9.84 Å². The summed E-state index contributed by atoms with van der Waals surface area (Å²) in [5.41, 5.74) is 1.94. The summed E-state index contributed by atoms with van der Waals surface area (Å²) in [6.45, 7) is 3.30. The van der Waals surface area contributed by atoms with Gasteiger partial charge in [0.25, 0.3) is 0 Å². The summed E-state index contributed by atoms with van der Waals surface area (Å²) in [4.78, 5) is 4.09. The topological polar surface area (TPSA) is 68.3 Å². The maximum Gasteiger partial charge on any atom is 0.149 e. The fourth-order valence-electron chi connectivity index (χ4n) is 1.24. The molecule has 0 aliphatic heterocycles. The highest BCUT2D eigenvalue weighted by atomic mass is 32.2. The Morgan fingerprint density at radius 1 is 1.41 bits per heavy atom. The zero-order valence-corrected chi connectivity index (χ0v) is 11.0. The smallest absolute Gasteiger partial charge is 0.149 e. The van der Waals surface area contributed by atoms with E-state index in [0.717, 1.165) is 11.4 Å². The number of ether oxygens (including phenoxy) is 1. The zero-order valence-electron chi connectivity index (χ0n) is 10.1. The number of nitrogens with zero attached hydrogens (tertiary/aromatic N) is 1. The molecular formula is C11H18N2O3S. The number of rotatable bonds is 7. The van der Waals surface area contributed by atoms with E-state index in [2.05, 4.69) is 10.3 Å². The molecule has 0 unspecified atom stereocenters. The highest BCUT2D eigenvalue weighted by molar-refractivity contribution is 7.90. The second-order valence-corrected chi connectivity index (χ2v) is 6.11. The minimum atomic E-state index is -2.92. The first kappa shape index (κ1) is 13.9. The third-order valence-electron chi connectivity index (χ3n) is 2.07. The molecule has 1 aromatic rings.